The van der Waals surface area contributed by atoms with Crippen LogP contribution in [0.1, 0.15) is 48.4 Å². The Labute approximate surface area is 149 Å². The lowest BCUT2D eigenvalue weighted by atomic mass is 10.1. The number of aryl methyl sites for hydroxylation is 1. The molecule has 0 heterocycles. The van der Waals surface area contributed by atoms with Gasteiger partial charge in [0.15, 0.2) is 0 Å². The van der Waals surface area contributed by atoms with Crippen LogP contribution in [0.4, 0.5) is 4.39 Å². The lowest BCUT2D eigenvalue weighted by Crippen LogP contribution is -1.91. The van der Waals surface area contributed by atoms with Gasteiger partial charge in [-0.3, -0.25) is 0 Å². The van der Waals surface area contributed by atoms with Crippen LogP contribution in [-0.2, 0) is 12.8 Å². The second kappa shape index (κ2) is 10.3. The highest BCUT2D eigenvalue weighted by Crippen LogP contribution is 2.11. The van der Waals surface area contributed by atoms with E-state index in [1.165, 1.54) is 30.9 Å². The predicted molar refractivity (Wildman–Crippen MR) is 105 cm³/mol. The van der Waals surface area contributed by atoms with Crippen LogP contribution in [0, 0.1) is 5.82 Å². The first kappa shape index (κ1) is 18.8. The molecule has 0 atom stereocenters. The monoisotopic (exact) mass is 336 g/mol. The van der Waals surface area contributed by atoms with Crippen molar-refractivity contribution in [3.05, 3.63) is 83.2 Å². The molecule has 0 aliphatic carbocycles. The van der Waals surface area contributed by atoms with E-state index in [0.717, 1.165) is 12.0 Å². The van der Waals surface area contributed by atoms with Crippen LogP contribution in [0.5, 0.6) is 0 Å². The van der Waals surface area contributed by atoms with Gasteiger partial charge in [0.05, 0.1) is 12.4 Å². The Morgan fingerprint density at radius 2 is 1.64 bits per heavy atom. The topological polar surface area (TPSA) is 24.7 Å². The van der Waals surface area contributed by atoms with Crippen molar-refractivity contribution in [2.75, 3.05) is 0 Å². The molecule has 2 aromatic rings. The summed E-state index contributed by atoms with van der Waals surface area (Å²) >= 11 is 0. The zero-order valence-corrected chi connectivity index (χ0v) is 14.8. The number of rotatable bonds is 9. The molecule has 0 N–H and O–H groups in total. The Morgan fingerprint density at radius 1 is 0.960 bits per heavy atom. The third-order valence-corrected chi connectivity index (χ3v) is 3.97. The molecule has 2 rings (SSSR count). The second-order valence-corrected chi connectivity index (χ2v) is 6.03. The van der Waals surface area contributed by atoms with E-state index < -0.39 is 0 Å². The summed E-state index contributed by atoms with van der Waals surface area (Å²) < 4.78 is 13.8. The largest absolute Gasteiger partial charge is 0.207 e. The molecule has 0 bridgehead atoms. The minimum atomic E-state index is -0.244. The van der Waals surface area contributed by atoms with Crippen molar-refractivity contribution in [2.24, 2.45) is 10.2 Å². The van der Waals surface area contributed by atoms with Crippen LogP contribution >= 0.6 is 0 Å². The highest BCUT2D eigenvalue weighted by atomic mass is 19.1. The Balaban J connectivity index is 1.90. The lowest BCUT2D eigenvalue weighted by Gasteiger charge is -2.01. The molecule has 25 heavy (non-hydrogen) atoms. The normalized spacial score (nSPS) is 11.4. The van der Waals surface area contributed by atoms with E-state index in [2.05, 4.69) is 35.8 Å². The van der Waals surface area contributed by atoms with Gasteiger partial charge in [-0.05, 0) is 47.6 Å². The first-order valence-electron chi connectivity index (χ1n) is 8.77. The van der Waals surface area contributed by atoms with Crippen molar-refractivity contribution in [2.45, 2.75) is 39.0 Å². The van der Waals surface area contributed by atoms with E-state index in [1.807, 2.05) is 18.2 Å². The fraction of sp³-hybridized carbons (Fsp3) is 0.273. The molecular weight excluding hydrogens is 311 g/mol. The minimum Gasteiger partial charge on any atom is -0.207 e. The van der Waals surface area contributed by atoms with Gasteiger partial charge in [0.25, 0.3) is 0 Å². The number of hydrogen-bond acceptors (Lipinski definition) is 2. The third kappa shape index (κ3) is 6.46. The number of benzene rings is 2. The maximum atomic E-state index is 13.8. The van der Waals surface area contributed by atoms with E-state index in [0.29, 0.717) is 17.5 Å². The highest BCUT2D eigenvalue weighted by molar-refractivity contribution is 5.82. The third-order valence-electron chi connectivity index (χ3n) is 3.97. The minimum absolute atomic E-state index is 0.244. The molecular formula is C22H25FN2. The number of allylic oxidation sites excluding steroid dienone is 1. The van der Waals surface area contributed by atoms with Crippen molar-refractivity contribution >= 4 is 12.4 Å². The fourth-order valence-electron chi connectivity index (χ4n) is 2.51. The molecule has 0 aliphatic heterocycles. The van der Waals surface area contributed by atoms with Crippen LogP contribution in [0.15, 0.2) is 65.3 Å². The molecule has 2 nitrogen and oxygen atoms in total. The van der Waals surface area contributed by atoms with Crippen LogP contribution in [0.25, 0.3) is 0 Å². The molecule has 2 aromatic carbocycles. The first-order chi connectivity index (χ1) is 12.2. The number of nitrogens with zero attached hydrogens (tertiary/aromatic N) is 2. The molecule has 0 saturated carbocycles. The van der Waals surface area contributed by atoms with Crippen molar-refractivity contribution in [3.63, 3.8) is 0 Å². The molecule has 0 amide bonds. The van der Waals surface area contributed by atoms with Gasteiger partial charge in [-0.1, -0.05) is 62.2 Å². The Hall–Kier alpha value is -2.55. The summed E-state index contributed by atoms with van der Waals surface area (Å²) in [6.45, 7) is 5.83. The summed E-state index contributed by atoms with van der Waals surface area (Å²) in [7, 11) is 0. The van der Waals surface area contributed by atoms with Crippen molar-refractivity contribution in [1.29, 1.82) is 0 Å². The van der Waals surface area contributed by atoms with E-state index in [4.69, 9.17) is 0 Å². The van der Waals surface area contributed by atoms with Gasteiger partial charge in [0.2, 0.25) is 0 Å². The van der Waals surface area contributed by atoms with Crippen LogP contribution in [0.2, 0.25) is 0 Å². The Kier molecular flexibility index (Phi) is 7.77. The summed E-state index contributed by atoms with van der Waals surface area (Å²) in [5.74, 6) is -0.244. The van der Waals surface area contributed by atoms with Crippen LogP contribution in [0.3, 0.4) is 0 Å². The second-order valence-electron chi connectivity index (χ2n) is 6.03. The molecule has 3 heteroatoms. The van der Waals surface area contributed by atoms with Gasteiger partial charge in [-0.2, -0.15) is 10.2 Å². The van der Waals surface area contributed by atoms with Gasteiger partial charge >= 0.3 is 0 Å². The number of halogens is 1. The van der Waals surface area contributed by atoms with Crippen LogP contribution in [-0.4, -0.2) is 12.4 Å². The highest BCUT2D eigenvalue weighted by Gasteiger charge is 2.00. The number of hydrogen-bond donors (Lipinski definition) is 0. The van der Waals surface area contributed by atoms with E-state index >= 15 is 0 Å². The van der Waals surface area contributed by atoms with Gasteiger partial charge in [0.1, 0.15) is 5.82 Å². The van der Waals surface area contributed by atoms with Gasteiger partial charge in [0, 0.05) is 0 Å². The lowest BCUT2D eigenvalue weighted by molar-refractivity contribution is 0.614. The van der Waals surface area contributed by atoms with E-state index in [1.54, 1.807) is 24.6 Å². The summed E-state index contributed by atoms with van der Waals surface area (Å²) in [6.07, 6.45) is 10.3. The zero-order valence-electron chi connectivity index (χ0n) is 14.8. The molecule has 0 aromatic heterocycles. The summed E-state index contributed by atoms with van der Waals surface area (Å²) in [6, 6.07) is 13.4. The summed E-state index contributed by atoms with van der Waals surface area (Å²) in [5.41, 5.74) is 3.68. The van der Waals surface area contributed by atoms with Crippen molar-refractivity contribution < 1.29 is 4.39 Å². The maximum absolute atomic E-state index is 13.8. The molecule has 0 saturated heterocycles. The van der Waals surface area contributed by atoms with Crippen molar-refractivity contribution in [3.8, 4) is 0 Å². The first-order valence-corrected chi connectivity index (χ1v) is 8.77. The molecule has 0 radical (unpaired) electrons. The standard InChI is InChI=1S/C22H25FN2/c1-3-5-6-8-18-9-11-19(12-10-18)16-24-25-17-20-13-14-21(7-4-2)22(23)15-20/h4,9-17H,2-3,5-8H2,1H3. The quantitative estimate of drug-likeness (QED) is 0.241. The average Bonchev–Trinajstić information content (AvgIpc) is 2.62. The smallest absolute Gasteiger partial charge is 0.127 e. The van der Waals surface area contributed by atoms with Crippen LogP contribution < -0.4 is 0 Å². The summed E-state index contributed by atoms with van der Waals surface area (Å²) in [5, 5.41) is 8.03. The van der Waals surface area contributed by atoms with E-state index in [9.17, 15) is 4.39 Å². The van der Waals surface area contributed by atoms with Gasteiger partial charge in [-0.15, -0.1) is 6.58 Å². The molecule has 130 valence electrons. The SMILES string of the molecule is C=CCc1ccc(C=NN=Cc2ccc(CCCCC)cc2)cc1F. The Morgan fingerprint density at radius 3 is 2.28 bits per heavy atom. The molecule has 0 spiro atoms. The van der Waals surface area contributed by atoms with Gasteiger partial charge < -0.3 is 0 Å². The Bertz CT molecular complexity index is 730. The van der Waals surface area contributed by atoms with Crippen molar-refractivity contribution in [1.82, 2.24) is 0 Å². The molecule has 0 unspecified atom stereocenters. The number of unbranched alkanes of at least 4 members (excludes halogenated alkanes) is 2. The maximum Gasteiger partial charge on any atom is 0.127 e. The molecule has 0 aliphatic rings. The molecule has 0 fully saturated rings. The predicted octanol–water partition coefficient (Wildman–Crippen LogP) is 5.74. The van der Waals surface area contributed by atoms with Gasteiger partial charge in [-0.25, -0.2) is 4.39 Å². The fourth-order valence-corrected chi connectivity index (χ4v) is 2.51. The summed E-state index contributed by atoms with van der Waals surface area (Å²) in [4.78, 5) is 0. The zero-order chi connectivity index (χ0) is 17.9. The van der Waals surface area contributed by atoms with E-state index in [-0.39, 0.29) is 5.82 Å². The average molecular weight is 336 g/mol.